The van der Waals surface area contributed by atoms with Crippen LogP contribution in [0.2, 0.25) is 0 Å². The number of carboxylic acids is 1. The van der Waals surface area contributed by atoms with Crippen molar-refractivity contribution in [3.05, 3.63) is 30.2 Å². The molecular formula is C18H21N3O6. The summed E-state index contributed by atoms with van der Waals surface area (Å²) >= 11 is 0. The van der Waals surface area contributed by atoms with Gasteiger partial charge in [-0.2, -0.15) is 4.98 Å². The lowest BCUT2D eigenvalue weighted by Crippen LogP contribution is -2.55. The van der Waals surface area contributed by atoms with Gasteiger partial charge in [-0.05, 0) is 31.2 Å². The normalized spacial score (nSPS) is 19.0. The number of ether oxygens (including phenoxy) is 2. The van der Waals surface area contributed by atoms with Crippen molar-refractivity contribution >= 4 is 11.9 Å². The van der Waals surface area contributed by atoms with E-state index in [4.69, 9.17) is 14.0 Å². The lowest BCUT2D eigenvalue weighted by atomic mass is 9.98. The second-order valence-corrected chi connectivity index (χ2v) is 6.21. The molecule has 1 unspecified atom stereocenters. The molecule has 9 nitrogen and oxygen atoms in total. The first-order chi connectivity index (χ1) is 13.0. The zero-order valence-corrected chi connectivity index (χ0v) is 14.9. The highest BCUT2D eigenvalue weighted by atomic mass is 16.5. The van der Waals surface area contributed by atoms with E-state index in [-0.39, 0.29) is 25.9 Å². The molecule has 1 aromatic heterocycles. The summed E-state index contributed by atoms with van der Waals surface area (Å²) in [6.07, 6.45) is 0.503. The minimum Gasteiger partial charge on any atom is -0.494 e. The van der Waals surface area contributed by atoms with Crippen molar-refractivity contribution in [1.82, 2.24) is 15.5 Å². The molecule has 0 aliphatic carbocycles. The Balaban J connectivity index is 1.56. The predicted octanol–water partition coefficient (Wildman–Crippen LogP) is 1.43. The molecule has 0 bridgehead atoms. The molecule has 0 radical (unpaired) electrons. The van der Waals surface area contributed by atoms with Crippen molar-refractivity contribution < 1.29 is 28.7 Å². The largest absolute Gasteiger partial charge is 0.494 e. The van der Waals surface area contributed by atoms with Crippen molar-refractivity contribution in [2.24, 2.45) is 0 Å². The molecule has 2 N–H and O–H groups in total. The Morgan fingerprint density at radius 1 is 1.33 bits per heavy atom. The second-order valence-electron chi connectivity index (χ2n) is 6.21. The average molecular weight is 375 g/mol. The van der Waals surface area contributed by atoms with Crippen molar-refractivity contribution in [1.29, 1.82) is 0 Å². The Bertz CT molecular complexity index is 796. The minimum absolute atomic E-state index is 0.0312. The molecule has 2 heterocycles. The molecular weight excluding hydrogens is 354 g/mol. The first-order valence-electron chi connectivity index (χ1n) is 8.70. The number of hydrogen-bond donors (Lipinski definition) is 2. The highest BCUT2D eigenvalue weighted by molar-refractivity contribution is 5.87. The number of carboxylic acid groups (broad SMARTS) is 1. The number of benzene rings is 1. The lowest BCUT2D eigenvalue weighted by Gasteiger charge is -2.23. The molecule has 1 saturated heterocycles. The van der Waals surface area contributed by atoms with Crippen LogP contribution >= 0.6 is 0 Å². The third kappa shape index (κ3) is 4.43. The standard InChI is InChI=1S/C18H21N3O6/c1-2-26-13-5-3-12(4-6-13)16-19-15(27-21-16)8-7-14(22)20-18(17(23)24)9-10-25-11-18/h3-6H,2,7-11H2,1H3,(H,20,22)(H,23,24). The number of carbonyl (C=O) groups excluding carboxylic acids is 1. The molecule has 1 amide bonds. The van der Waals surface area contributed by atoms with E-state index < -0.39 is 17.4 Å². The van der Waals surface area contributed by atoms with E-state index in [1.165, 1.54) is 0 Å². The maximum atomic E-state index is 12.1. The number of aliphatic carboxylic acids is 1. The summed E-state index contributed by atoms with van der Waals surface area (Å²) in [5.41, 5.74) is -0.579. The molecule has 1 fully saturated rings. The van der Waals surface area contributed by atoms with Crippen LogP contribution in [0.3, 0.4) is 0 Å². The van der Waals surface area contributed by atoms with Gasteiger partial charge in [-0.1, -0.05) is 5.16 Å². The zero-order chi connectivity index (χ0) is 19.3. The fourth-order valence-corrected chi connectivity index (χ4v) is 2.78. The summed E-state index contributed by atoms with van der Waals surface area (Å²) in [5.74, 6) is -0.0155. The van der Waals surface area contributed by atoms with E-state index in [2.05, 4.69) is 15.5 Å². The predicted molar refractivity (Wildman–Crippen MR) is 93.2 cm³/mol. The Kier molecular flexibility index (Phi) is 5.70. The zero-order valence-electron chi connectivity index (χ0n) is 14.9. The Morgan fingerprint density at radius 3 is 2.74 bits per heavy atom. The number of nitrogens with zero attached hydrogens (tertiary/aromatic N) is 2. The first kappa shape index (κ1) is 18.8. The van der Waals surface area contributed by atoms with E-state index >= 15 is 0 Å². The molecule has 0 saturated carbocycles. The van der Waals surface area contributed by atoms with Gasteiger partial charge in [0.2, 0.25) is 17.6 Å². The second kappa shape index (κ2) is 8.17. The summed E-state index contributed by atoms with van der Waals surface area (Å²) in [6.45, 7) is 2.77. The van der Waals surface area contributed by atoms with Crippen LogP contribution in [0.1, 0.15) is 25.7 Å². The topological polar surface area (TPSA) is 124 Å². The molecule has 1 aliphatic heterocycles. The summed E-state index contributed by atoms with van der Waals surface area (Å²) in [7, 11) is 0. The van der Waals surface area contributed by atoms with Crippen LogP contribution in [-0.2, 0) is 20.7 Å². The van der Waals surface area contributed by atoms with Crippen molar-refractivity contribution in [2.45, 2.75) is 31.7 Å². The molecule has 27 heavy (non-hydrogen) atoms. The summed E-state index contributed by atoms with van der Waals surface area (Å²) < 4.78 is 15.7. The van der Waals surface area contributed by atoms with Gasteiger partial charge in [-0.25, -0.2) is 4.79 Å². The maximum absolute atomic E-state index is 12.1. The molecule has 3 rings (SSSR count). The van der Waals surface area contributed by atoms with Crippen LogP contribution in [0, 0.1) is 0 Å². The van der Waals surface area contributed by atoms with Crippen LogP contribution in [-0.4, -0.2) is 52.5 Å². The summed E-state index contributed by atoms with van der Waals surface area (Å²) in [6, 6.07) is 7.28. The molecule has 0 spiro atoms. The van der Waals surface area contributed by atoms with Gasteiger partial charge in [0.05, 0.1) is 13.2 Å². The van der Waals surface area contributed by atoms with Crippen molar-refractivity contribution in [2.75, 3.05) is 19.8 Å². The van der Waals surface area contributed by atoms with Crippen LogP contribution in [0.25, 0.3) is 11.4 Å². The number of nitrogens with one attached hydrogen (secondary N) is 1. The molecule has 2 aromatic rings. The number of rotatable bonds is 8. The Hall–Kier alpha value is -2.94. The van der Waals surface area contributed by atoms with Crippen molar-refractivity contribution in [3.63, 3.8) is 0 Å². The van der Waals surface area contributed by atoms with E-state index in [1.54, 1.807) is 0 Å². The fraction of sp³-hybridized carbons (Fsp3) is 0.444. The van der Waals surface area contributed by atoms with Gasteiger partial charge in [0, 0.05) is 31.4 Å². The van der Waals surface area contributed by atoms with Crippen molar-refractivity contribution in [3.8, 4) is 17.1 Å². The lowest BCUT2D eigenvalue weighted by molar-refractivity contribution is -0.147. The van der Waals surface area contributed by atoms with Gasteiger partial charge < -0.3 is 24.4 Å². The summed E-state index contributed by atoms with van der Waals surface area (Å²) in [4.78, 5) is 27.8. The van der Waals surface area contributed by atoms with Crippen LogP contribution in [0.15, 0.2) is 28.8 Å². The Morgan fingerprint density at radius 2 is 2.11 bits per heavy atom. The van der Waals surface area contributed by atoms with E-state index in [0.29, 0.717) is 24.9 Å². The fourth-order valence-electron chi connectivity index (χ4n) is 2.78. The molecule has 1 aliphatic rings. The minimum atomic E-state index is -1.35. The van der Waals surface area contributed by atoms with Gasteiger partial charge in [-0.15, -0.1) is 0 Å². The van der Waals surface area contributed by atoms with Gasteiger partial charge in [0.25, 0.3) is 0 Å². The quantitative estimate of drug-likeness (QED) is 0.710. The number of amides is 1. The highest BCUT2D eigenvalue weighted by Crippen LogP contribution is 2.21. The molecule has 1 atom stereocenters. The van der Waals surface area contributed by atoms with Crippen LogP contribution in [0.4, 0.5) is 0 Å². The van der Waals surface area contributed by atoms with E-state index in [0.717, 1.165) is 11.3 Å². The third-order valence-electron chi connectivity index (χ3n) is 4.27. The monoisotopic (exact) mass is 375 g/mol. The van der Waals surface area contributed by atoms with E-state index in [1.807, 2.05) is 31.2 Å². The molecule has 1 aromatic carbocycles. The van der Waals surface area contributed by atoms with Gasteiger partial charge in [0.1, 0.15) is 5.75 Å². The first-order valence-corrected chi connectivity index (χ1v) is 8.70. The van der Waals surface area contributed by atoms with Gasteiger partial charge >= 0.3 is 5.97 Å². The van der Waals surface area contributed by atoms with Gasteiger partial charge in [0.15, 0.2) is 5.54 Å². The maximum Gasteiger partial charge on any atom is 0.331 e. The number of carbonyl (C=O) groups is 2. The summed E-state index contributed by atoms with van der Waals surface area (Å²) in [5, 5.41) is 15.8. The van der Waals surface area contributed by atoms with Crippen LogP contribution < -0.4 is 10.1 Å². The van der Waals surface area contributed by atoms with E-state index in [9.17, 15) is 14.7 Å². The number of aromatic nitrogens is 2. The smallest absolute Gasteiger partial charge is 0.331 e. The third-order valence-corrected chi connectivity index (χ3v) is 4.27. The SMILES string of the molecule is CCOc1ccc(-c2noc(CCC(=O)NC3(C(=O)O)CCOC3)n2)cc1. The Labute approximate surface area is 155 Å². The van der Waals surface area contributed by atoms with Crippen LogP contribution in [0.5, 0.6) is 5.75 Å². The highest BCUT2D eigenvalue weighted by Gasteiger charge is 2.43. The van der Waals surface area contributed by atoms with Gasteiger partial charge in [-0.3, -0.25) is 4.79 Å². The number of aryl methyl sites for hydroxylation is 1. The molecule has 144 valence electrons. The molecule has 9 heteroatoms. The number of hydrogen-bond acceptors (Lipinski definition) is 7. The average Bonchev–Trinajstić information content (AvgIpc) is 3.31.